The summed E-state index contributed by atoms with van der Waals surface area (Å²) in [7, 11) is 1.75. The Morgan fingerprint density at radius 3 is 2.77 bits per heavy atom. The third-order valence-electron chi connectivity index (χ3n) is 6.72. The minimum absolute atomic E-state index is 0.0484. The molecule has 0 saturated carbocycles. The minimum atomic E-state index is -0.153. The monoisotopic (exact) mass is 523 g/mol. The average molecular weight is 524 g/mol. The molecule has 39 heavy (non-hydrogen) atoms. The van der Waals surface area contributed by atoms with Gasteiger partial charge in [0.1, 0.15) is 11.5 Å². The molecule has 0 saturated heterocycles. The summed E-state index contributed by atoms with van der Waals surface area (Å²) in [5, 5.41) is 10.6. The van der Waals surface area contributed by atoms with Gasteiger partial charge in [-0.25, -0.2) is 0 Å². The summed E-state index contributed by atoms with van der Waals surface area (Å²) in [6.45, 7) is 8.13. The van der Waals surface area contributed by atoms with Gasteiger partial charge in [-0.15, -0.1) is 0 Å². The largest absolute Gasteiger partial charge is 0.457 e. The highest BCUT2D eigenvalue weighted by molar-refractivity contribution is 5.92. The van der Waals surface area contributed by atoms with E-state index in [0.29, 0.717) is 22.8 Å². The molecule has 0 spiro atoms. The van der Waals surface area contributed by atoms with Crippen LogP contribution in [0.15, 0.2) is 95.6 Å². The Morgan fingerprint density at radius 2 is 2.03 bits per heavy atom. The molecule has 1 atom stereocenters. The van der Waals surface area contributed by atoms with Gasteiger partial charge in [0.05, 0.1) is 29.9 Å². The molecule has 200 valence electrons. The van der Waals surface area contributed by atoms with Gasteiger partial charge in [0, 0.05) is 36.8 Å². The Morgan fingerprint density at radius 1 is 1.21 bits per heavy atom. The standard InChI is InChI=1S/C31H33N5O3/c1-20-15-21(16-29(37)34-23-18-33-36(19-23)31(2,3)4)8-11-27(20)39-28-12-13-32-26-10-9-22(17-25(26)28)24-7-6-14-35(5)30(24)38/h6-15,17-19,26,32H,16H2,1-5H3,(H,34,37). The van der Waals surface area contributed by atoms with Crippen LogP contribution in [0, 0.1) is 6.92 Å². The SMILES string of the molecule is Cc1cc(CC(=O)Nc2cnn(C(C)(C)C)c2)ccc1OC1=C2C=C(c3cccn(C)c3=O)C=CC2NC=C1. The van der Waals surface area contributed by atoms with Gasteiger partial charge in [-0.1, -0.05) is 24.3 Å². The summed E-state index contributed by atoms with van der Waals surface area (Å²) in [5.74, 6) is 1.31. The van der Waals surface area contributed by atoms with E-state index in [-0.39, 0.29) is 29.5 Å². The molecule has 0 bridgehead atoms. The summed E-state index contributed by atoms with van der Waals surface area (Å²) >= 11 is 0. The van der Waals surface area contributed by atoms with Gasteiger partial charge in [-0.2, -0.15) is 5.10 Å². The highest BCUT2D eigenvalue weighted by atomic mass is 16.5. The quantitative estimate of drug-likeness (QED) is 0.493. The maximum absolute atomic E-state index is 12.7. The van der Waals surface area contributed by atoms with E-state index < -0.39 is 0 Å². The van der Waals surface area contributed by atoms with Gasteiger partial charge >= 0.3 is 0 Å². The molecule has 0 fully saturated rings. The fourth-order valence-electron chi connectivity index (χ4n) is 4.58. The molecule has 8 nitrogen and oxygen atoms in total. The van der Waals surface area contributed by atoms with Gasteiger partial charge in [0.25, 0.3) is 5.56 Å². The number of aromatic nitrogens is 3. The number of fused-ring (bicyclic) bond motifs is 1. The summed E-state index contributed by atoms with van der Waals surface area (Å²) in [4.78, 5) is 25.3. The molecule has 1 amide bonds. The lowest BCUT2D eigenvalue weighted by atomic mass is 9.91. The van der Waals surface area contributed by atoms with Crippen LogP contribution in [0.5, 0.6) is 5.75 Å². The van der Waals surface area contributed by atoms with Crippen LogP contribution in [0.2, 0.25) is 0 Å². The first-order chi connectivity index (χ1) is 18.6. The molecule has 1 aliphatic heterocycles. The lowest BCUT2D eigenvalue weighted by Crippen LogP contribution is -2.30. The molecule has 8 heteroatoms. The lowest BCUT2D eigenvalue weighted by molar-refractivity contribution is -0.115. The maximum Gasteiger partial charge on any atom is 0.258 e. The summed E-state index contributed by atoms with van der Waals surface area (Å²) in [6.07, 6.45) is 15.2. The topological polar surface area (TPSA) is 90.2 Å². The normalized spacial score (nSPS) is 16.4. The number of amides is 1. The van der Waals surface area contributed by atoms with Gasteiger partial charge in [0.2, 0.25) is 5.91 Å². The number of carbonyl (C=O) groups is 1. The van der Waals surface area contributed by atoms with Crippen LogP contribution >= 0.6 is 0 Å². The summed E-state index contributed by atoms with van der Waals surface area (Å²) < 4.78 is 9.77. The zero-order valence-corrected chi connectivity index (χ0v) is 22.9. The predicted octanol–water partition coefficient (Wildman–Crippen LogP) is 4.60. The average Bonchev–Trinajstić information content (AvgIpc) is 3.36. The Balaban J connectivity index is 1.32. The molecule has 2 N–H and O–H groups in total. The van der Waals surface area contributed by atoms with Crippen molar-refractivity contribution in [1.82, 2.24) is 19.7 Å². The van der Waals surface area contributed by atoms with Gasteiger partial charge in [-0.05, 0) is 74.7 Å². The van der Waals surface area contributed by atoms with Crippen LogP contribution in [0.25, 0.3) is 5.57 Å². The summed E-state index contributed by atoms with van der Waals surface area (Å²) in [6, 6.07) is 9.42. The number of rotatable bonds is 6. The number of nitrogens with one attached hydrogen (secondary N) is 2. The highest BCUT2D eigenvalue weighted by Crippen LogP contribution is 2.30. The van der Waals surface area contributed by atoms with E-state index in [1.54, 1.807) is 24.0 Å². The second kappa shape index (κ2) is 10.3. The summed E-state index contributed by atoms with van der Waals surface area (Å²) in [5.41, 5.74) is 4.71. The number of allylic oxidation sites excluding steroid dienone is 3. The number of dihydropyridines is 1. The molecule has 1 unspecified atom stereocenters. The third-order valence-corrected chi connectivity index (χ3v) is 6.72. The first-order valence-corrected chi connectivity index (χ1v) is 12.9. The number of carbonyl (C=O) groups excluding carboxylic acids is 1. The van der Waals surface area contributed by atoms with Crippen LogP contribution in [0.3, 0.4) is 0 Å². The Kier molecular flexibility index (Phi) is 6.87. The minimum Gasteiger partial charge on any atom is -0.457 e. The molecule has 1 aromatic carbocycles. The molecule has 3 heterocycles. The van der Waals surface area contributed by atoms with Crippen molar-refractivity contribution in [3.05, 3.63) is 118 Å². The second-order valence-electron chi connectivity index (χ2n) is 10.9. The van der Waals surface area contributed by atoms with E-state index >= 15 is 0 Å². The van der Waals surface area contributed by atoms with Crippen LogP contribution in [-0.4, -0.2) is 26.3 Å². The van der Waals surface area contributed by atoms with Crippen LogP contribution in [0.1, 0.15) is 37.5 Å². The number of aryl methyl sites for hydroxylation is 2. The third kappa shape index (κ3) is 5.65. The van der Waals surface area contributed by atoms with Crippen molar-refractivity contribution in [2.75, 3.05) is 5.32 Å². The van der Waals surface area contributed by atoms with E-state index in [1.165, 1.54) is 0 Å². The fourth-order valence-corrected chi connectivity index (χ4v) is 4.58. The molecule has 2 aliphatic rings. The first-order valence-electron chi connectivity index (χ1n) is 12.9. The van der Waals surface area contributed by atoms with Crippen molar-refractivity contribution in [2.45, 2.75) is 45.7 Å². The number of ether oxygens (including phenoxy) is 1. The number of benzene rings is 1. The number of hydrogen-bond acceptors (Lipinski definition) is 5. The number of pyridine rings is 1. The Bertz CT molecular complexity index is 1610. The zero-order valence-electron chi connectivity index (χ0n) is 22.9. The van der Waals surface area contributed by atoms with Crippen molar-refractivity contribution in [2.24, 2.45) is 7.05 Å². The highest BCUT2D eigenvalue weighted by Gasteiger charge is 2.23. The van der Waals surface area contributed by atoms with E-state index in [2.05, 4.69) is 36.5 Å². The molecular formula is C31H33N5O3. The van der Waals surface area contributed by atoms with Crippen molar-refractivity contribution < 1.29 is 9.53 Å². The van der Waals surface area contributed by atoms with Crippen molar-refractivity contribution >= 4 is 17.2 Å². The van der Waals surface area contributed by atoms with Gasteiger partial charge in [-0.3, -0.25) is 14.3 Å². The first kappa shape index (κ1) is 26.0. The molecular weight excluding hydrogens is 490 g/mol. The maximum atomic E-state index is 12.7. The Hall–Kier alpha value is -4.59. The van der Waals surface area contributed by atoms with Crippen molar-refractivity contribution in [1.29, 1.82) is 0 Å². The molecule has 2 aromatic heterocycles. The van der Waals surface area contributed by atoms with Crippen LogP contribution in [-0.2, 0) is 23.8 Å². The van der Waals surface area contributed by atoms with Gasteiger partial charge < -0.3 is 19.9 Å². The van der Waals surface area contributed by atoms with E-state index in [0.717, 1.165) is 22.3 Å². The van der Waals surface area contributed by atoms with Crippen LogP contribution < -0.4 is 20.9 Å². The molecule has 5 rings (SSSR count). The van der Waals surface area contributed by atoms with E-state index in [1.807, 2.05) is 78.6 Å². The molecule has 1 aliphatic carbocycles. The van der Waals surface area contributed by atoms with E-state index in [4.69, 9.17) is 4.74 Å². The number of anilines is 1. The smallest absolute Gasteiger partial charge is 0.258 e. The second-order valence-corrected chi connectivity index (χ2v) is 10.9. The van der Waals surface area contributed by atoms with Crippen molar-refractivity contribution in [3.63, 3.8) is 0 Å². The number of hydrogen-bond donors (Lipinski definition) is 2. The van der Waals surface area contributed by atoms with Gasteiger partial charge in [0.15, 0.2) is 0 Å². The lowest BCUT2D eigenvalue weighted by Gasteiger charge is -2.26. The number of nitrogens with zero attached hydrogens (tertiary/aromatic N) is 3. The van der Waals surface area contributed by atoms with Crippen LogP contribution in [0.4, 0.5) is 5.69 Å². The van der Waals surface area contributed by atoms with E-state index in [9.17, 15) is 9.59 Å². The predicted molar refractivity (Wildman–Crippen MR) is 153 cm³/mol. The molecule has 3 aromatic rings. The Labute approximate surface area is 228 Å². The molecule has 0 radical (unpaired) electrons. The zero-order chi connectivity index (χ0) is 27.7. The fraction of sp³-hybridized carbons (Fsp3) is 0.258. The van der Waals surface area contributed by atoms with Crippen molar-refractivity contribution in [3.8, 4) is 5.75 Å².